The predicted molar refractivity (Wildman–Crippen MR) is 118 cm³/mol. The molecule has 0 radical (unpaired) electrons. The SMILES string of the molecule is CCC(CC(OI)c1ccc(N)cc1)[C@@H](C(C)=O)C(C)c1ccc(O)cc1. The molecule has 0 aliphatic heterocycles. The fraction of sp³-hybridized carbons (Fsp3) is 0.409. The molecule has 0 bridgehead atoms. The number of aromatic hydroxyl groups is 1. The maximum absolute atomic E-state index is 12.6. The molecule has 0 heterocycles. The topological polar surface area (TPSA) is 72.5 Å². The van der Waals surface area contributed by atoms with Gasteiger partial charge in [0, 0.05) is 11.6 Å². The van der Waals surface area contributed by atoms with Crippen molar-refractivity contribution in [2.75, 3.05) is 5.73 Å². The van der Waals surface area contributed by atoms with Gasteiger partial charge in [-0.1, -0.05) is 44.5 Å². The molecule has 2 rings (SSSR count). The Hall–Kier alpha value is -1.60. The van der Waals surface area contributed by atoms with Crippen molar-refractivity contribution in [2.24, 2.45) is 11.8 Å². The van der Waals surface area contributed by atoms with Crippen molar-refractivity contribution in [1.82, 2.24) is 0 Å². The average molecular weight is 481 g/mol. The molecule has 2 aromatic carbocycles. The van der Waals surface area contributed by atoms with Crippen LogP contribution in [0.2, 0.25) is 0 Å². The first-order valence-corrected chi connectivity index (χ1v) is 10.2. The normalized spacial score (nSPS) is 15.7. The van der Waals surface area contributed by atoms with Crippen LogP contribution in [0.3, 0.4) is 0 Å². The number of anilines is 1. The van der Waals surface area contributed by atoms with Crippen LogP contribution in [-0.2, 0) is 7.86 Å². The first-order chi connectivity index (χ1) is 12.9. The Bertz CT molecular complexity index is 730. The van der Waals surface area contributed by atoms with E-state index in [2.05, 4.69) is 13.8 Å². The number of nitrogens with two attached hydrogens (primary N) is 1. The fourth-order valence-electron chi connectivity index (χ4n) is 3.85. The van der Waals surface area contributed by atoms with Gasteiger partial charge in [0.25, 0.3) is 0 Å². The number of phenols is 1. The summed E-state index contributed by atoms with van der Waals surface area (Å²) in [5.74, 6) is 0.561. The van der Waals surface area contributed by atoms with Gasteiger partial charge in [-0.25, -0.2) is 0 Å². The van der Waals surface area contributed by atoms with E-state index < -0.39 is 0 Å². The van der Waals surface area contributed by atoms with Crippen LogP contribution in [-0.4, -0.2) is 10.9 Å². The molecule has 4 atom stereocenters. The van der Waals surface area contributed by atoms with Crippen molar-refractivity contribution in [1.29, 1.82) is 0 Å². The summed E-state index contributed by atoms with van der Waals surface area (Å²) in [5, 5.41) is 9.54. The molecule has 146 valence electrons. The maximum Gasteiger partial charge on any atom is 0.133 e. The standard InChI is InChI=1S/C22H28INO3/c1-4-16(13-21(27-23)18-5-9-19(24)10-6-18)22(15(3)25)14(2)17-7-11-20(26)12-8-17/h5-12,14,16,21-22,26H,4,13,24H2,1-3H3/t14?,16?,21?,22-/m1/s1. The average Bonchev–Trinajstić information content (AvgIpc) is 2.65. The summed E-state index contributed by atoms with van der Waals surface area (Å²) < 4.78 is 5.72. The number of benzene rings is 2. The van der Waals surface area contributed by atoms with Gasteiger partial charge in [-0.15, -0.1) is 0 Å². The molecular weight excluding hydrogens is 453 g/mol. The van der Waals surface area contributed by atoms with Crippen molar-refractivity contribution in [3.05, 3.63) is 59.7 Å². The number of hydrogen-bond donors (Lipinski definition) is 2. The van der Waals surface area contributed by atoms with E-state index >= 15 is 0 Å². The van der Waals surface area contributed by atoms with Crippen LogP contribution in [0.1, 0.15) is 56.8 Å². The summed E-state index contributed by atoms with van der Waals surface area (Å²) in [5.41, 5.74) is 8.64. The number of halogens is 1. The van der Waals surface area contributed by atoms with Crippen molar-refractivity contribution >= 4 is 34.5 Å². The molecule has 0 spiro atoms. The Kier molecular flexibility index (Phi) is 8.10. The van der Waals surface area contributed by atoms with Crippen molar-refractivity contribution < 1.29 is 13.0 Å². The van der Waals surface area contributed by atoms with E-state index in [1.807, 2.05) is 59.4 Å². The summed E-state index contributed by atoms with van der Waals surface area (Å²) in [6, 6.07) is 14.9. The van der Waals surface area contributed by atoms with E-state index in [0.29, 0.717) is 0 Å². The zero-order valence-corrected chi connectivity index (χ0v) is 18.2. The summed E-state index contributed by atoms with van der Waals surface area (Å²) >= 11 is 1.94. The molecule has 3 unspecified atom stereocenters. The molecule has 0 saturated heterocycles. The maximum atomic E-state index is 12.6. The van der Waals surface area contributed by atoms with Crippen LogP contribution >= 0.6 is 23.0 Å². The molecule has 0 saturated carbocycles. The van der Waals surface area contributed by atoms with Crippen LogP contribution in [0.5, 0.6) is 5.75 Å². The Morgan fingerprint density at radius 2 is 1.67 bits per heavy atom. The Labute approximate surface area is 175 Å². The number of carbonyl (C=O) groups is 1. The number of carbonyl (C=O) groups excluding carboxylic acids is 1. The summed E-state index contributed by atoms with van der Waals surface area (Å²) in [4.78, 5) is 12.6. The van der Waals surface area contributed by atoms with Crippen LogP contribution in [0.25, 0.3) is 0 Å². The van der Waals surface area contributed by atoms with Gasteiger partial charge in [0.05, 0.1) is 6.10 Å². The monoisotopic (exact) mass is 481 g/mol. The van der Waals surface area contributed by atoms with Crippen LogP contribution in [0, 0.1) is 11.8 Å². The highest BCUT2D eigenvalue weighted by molar-refractivity contribution is 14.1. The first kappa shape index (κ1) is 21.7. The quantitative estimate of drug-likeness (QED) is 0.351. The minimum absolute atomic E-state index is 0.0642. The minimum atomic E-state index is -0.109. The molecule has 0 fully saturated rings. The van der Waals surface area contributed by atoms with Gasteiger partial charge in [0.15, 0.2) is 0 Å². The van der Waals surface area contributed by atoms with Gasteiger partial charge in [-0.3, -0.25) is 4.79 Å². The number of phenolic OH excluding ortho intramolecular Hbond substituents is 1. The molecule has 0 aromatic heterocycles. The lowest BCUT2D eigenvalue weighted by Crippen LogP contribution is -2.28. The molecule has 4 nitrogen and oxygen atoms in total. The molecular formula is C22H28INO3. The third-order valence-electron chi connectivity index (χ3n) is 5.39. The molecule has 0 aliphatic rings. The third-order valence-corrected chi connectivity index (χ3v) is 6.01. The smallest absolute Gasteiger partial charge is 0.133 e. The molecule has 3 N–H and O–H groups in total. The Balaban J connectivity index is 2.25. The van der Waals surface area contributed by atoms with Gasteiger partial charge < -0.3 is 13.9 Å². The van der Waals surface area contributed by atoms with Crippen molar-refractivity contribution in [3.63, 3.8) is 0 Å². The van der Waals surface area contributed by atoms with E-state index in [-0.39, 0.29) is 35.4 Å². The second-order valence-corrected chi connectivity index (χ2v) is 7.67. The largest absolute Gasteiger partial charge is 0.508 e. The lowest BCUT2D eigenvalue weighted by molar-refractivity contribution is -0.123. The van der Waals surface area contributed by atoms with Crippen LogP contribution in [0.4, 0.5) is 5.69 Å². The highest BCUT2D eigenvalue weighted by atomic mass is 127. The van der Waals surface area contributed by atoms with Crippen LogP contribution in [0.15, 0.2) is 48.5 Å². The fourth-order valence-corrected chi connectivity index (χ4v) is 4.36. The zero-order chi connectivity index (χ0) is 20.0. The second kappa shape index (κ2) is 10.1. The van der Waals surface area contributed by atoms with Gasteiger partial charge in [-0.2, -0.15) is 0 Å². The van der Waals surface area contributed by atoms with E-state index in [1.165, 1.54) is 0 Å². The lowest BCUT2D eigenvalue weighted by Gasteiger charge is -2.32. The van der Waals surface area contributed by atoms with Gasteiger partial charge in [0.2, 0.25) is 0 Å². The predicted octanol–water partition coefficient (Wildman–Crippen LogP) is 5.81. The molecule has 27 heavy (non-hydrogen) atoms. The number of nitrogen functional groups attached to an aromatic ring is 1. The van der Waals surface area contributed by atoms with Gasteiger partial charge in [0.1, 0.15) is 34.5 Å². The third kappa shape index (κ3) is 5.69. The lowest BCUT2D eigenvalue weighted by atomic mass is 9.73. The molecule has 2 aromatic rings. The Morgan fingerprint density at radius 1 is 1.11 bits per heavy atom. The summed E-state index contributed by atoms with van der Waals surface area (Å²) in [7, 11) is 0. The first-order valence-electron chi connectivity index (χ1n) is 9.29. The van der Waals surface area contributed by atoms with Gasteiger partial charge in [-0.05, 0) is 60.6 Å². The summed E-state index contributed by atoms with van der Waals surface area (Å²) in [6.45, 7) is 5.88. The van der Waals surface area contributed by atoms with E-state index in [4.69, 9.17) is 8.80 Å². The highest BCUT2D eigenvalue weighted by Gasteiger charge is 2.32. The molecule has 0 amide bonds. The number of rotatable bonds is 9. The molecule has 5 heteroatoms. The van der Waals surface area contributed by atoms with Crippen LogP contribution < -0.4 is 5.73 Å². The Morgan fingerprint density at radius 3 is 2.15 bits per heavy atom. The summed E-state index contributed by atoms with van der Waals surface area (Å²) in [6.07, 6.45) is 1.55. The van der Waals surface area contributed by atoms with Gasteiger partial charge >= 0.3 is 0 Å². The van der Waals surface area contributed by atoms with Crippen molar-refractivity contribution in [3.8, 4) is 5.75 Å². The number of hydrogen-bond acceptors (Lipinski definition) is 4. The second-order valence-electron chi connectivity index (χ2n) is 7.17. The van der Waals surface area contributed by atoms with E-state index in [1.54, 1.807) is 19.1 Å². The number of ketones is 1. The van der Waals surface area contributed by atoms with E-state index in [9.17, 15) is 9.90 Å². The zero-order valence-electron chi connectivity index (χ0n) is 16.1. The highest BCUT2D eigenvalue weighted by Crippen LogP contribution is 2.39. The van der Waals surface area contributed by atoms with E-state index in [0.717, 1.165) is 29.7 Å². The number of Topliss-reactive ketones (excluding diaryl/α,β-unsaturated/α-hetero) is 1. The molecule has 0 aliphatic carbocycles. The van der Waals surface area contributed by atoms with Crippen molar-refractivity contribution in [2.45, 2.75) is 45.6 Å². The minimum Gasteiger partial charge on any atom is -0.508 e.